The van der Waals surface area contributed by atoms with Crippen molar-refractivity contribution in [2.24, 2.45) is 5.92 Å². The molecule has 1 aromatic carbocycles. The van der Waals surface area contributed by atoms with Gasteiger partial charge >= 0.3 is 5.97 Å². The Kier molecular flexibility index (Phi) is 2.76. The lowest BCUT2D eigenvalue weighted by Gasteiger charge is -2.36. The van der Waals surface area contributed by atoms with Crippen LogP contribution in [0.5, 0.6) is 0 Å². The maximum absolute atomic E-state index is 10.7. The van der Waals surface area contributed by atoms with E-state index < -0.39 is 5.97 Å². The number of rotatable bonds is 3. The number of aliphatic carboxylic acids is 1. The zero-order valence-electron chi connectivity index (χ0n) is 9.60. The Morgan fingerprint density at radius 1 is 1.44 bits per heavy atom. The molecular weight excluding hydrogens is 254 g/mol. The average Bonchev–Trinajstić information content (AvgIpc) is 2.58. The van der Waals surface area contributed by atoms with Gasteiger partial charge in [0.25, 0.3) is 0 Å². The number of halogens is 1. The minimum Gasteiger partial charge on any atom is -0.481 e. The molecule has 2 heterocycles. The van der Waals surface area contributed by atoms with Gasteiger partial charge in [-0.1, -0.05) is 18.2 Å². The number of nitrogens with zero attached hydrogens (tertiary/aromatic N) is 1. The Morgan fingerprint density at radius 2 is 2.17 bits per heavy atom. The van der Waals surface area contributed by atoms with E-state index in [-0.39, 0.29) is 5.92 Å². The molecule has 0 aliphatic carbocycles. The standard InChI is InChI=1S/C13H12ClNO3/c14-12-10(7-15-5-8(6-15)13(16)17)9-3-1-2-4-11(9)18-12/h1-4,8H,5-7H2,(H,16,17). The van der Waals surface area contributed by atoms with Crippen LogP contribution in [0.25, 0.3) is 11.0 Å². The van der Waals surface area contributed by atoms with Gasteiger partial charge in [0.2, 0.25) is 0 Å². The van der Waals surface area contributed by atoms with Gasteiger partial charge in [0.05, 0.1) is 5.92 Å². The minimum absolute atomic E-state index is 0.248. The highest BCUT2D eigenvalue weighted by atomic mass is 35.5. The van der Waals surface area contributed by atoms with Crippen molar-refractivity contribution >= 4 is 28.5 Å². The first kappa shape index (κ1) is 11.6. The monoisotopic (exact) mass is 265 g/mol. The Hall–Kier alpha value is -1.52. The van der Waals surface area contributed by atoms with Gasteiger partial charge in [-0.3, -0.25) is 9.69 Å². The SMILES string of the molecule is O=C(O)C1CN(Cc2c(Cl)oc3ccccc23)C1. The van der Waals surface area contributed by atoms with Crippen molar-refractivity contribution in [2.75, 3.05) is 13.1 Å². The van der Waals surface area contributed by atoms with E-state index in [1.807, 2.05) is 24.3 Å². The van der Waals surface area contributed by atoms with Crippen LogP contribution in [0.15, 0.2) is 28.7 Å². The quantitative estimate of drug-likeness (QED) is 0.927. The molecule has 94 valence electrons. The van der Waals surface area contributed by atoms with Crippen molar-refractivity contribution in [3.05, 3.63) is 35.0 Å². The van der Waals surface area contributed by atoms with E-state index in [1.54, 1.807) is 0 Å². The molecule has 1 aromatic heterocycles. The first-order chi connectivity index (χ1) is 8.65. The molecule has 1 N–H and O–H groups in total. The highest BCUT2D eigenvalue weighted by Gasteiger charge is 2.33. The lowest BCUT2D eigenvalue weighted by molar-refractivity contribution is -0.147. The third kappa shape index (κ3) is 1.87. The van der Waals surface area contributed by atoms with Gasteiger partial charge in [-0.2, -0.15) is 0 Å². The summed E-state index contributed by atoms with van der Waals surface area (Å²) < 4.78 is 5.47. The number of carbonyl (C=O) groups is 1. The lowest BCUT2D eigenvalue weighted by atomic mass is 9.99. The number of fused-ring (bicyclic) bond motifs is 1. The third-order valence-electron chi connectivity index (χ3n) is 3.34. The number of hydrogen-bond donors (Lipinski definition) is 1. The summed E-state index contributed by atoms with van der Waals surface area (Å²) in [5.74, 6) is -0.976. The maximum Gasteiger partial charge on any atom is 0.309 e. The fraction of sp³-hybridized carbons (Fsp3) is 0.308. The van der Waals surface area contributed by atoms with Gasteiger partial charge < -0.3 is 9.52 Å². The fourth-order valence-electron chi connectivity index (χ4n) is 2.30. The van der Waals surface area contributed by atoms with Gasteiger partial charge in [-0.05, 0) is 17.7 Å². The predicted octanol–water partition coefficient (Wildman–Crippen LogP) is 2.60. The Bertz CT molecular complexity index is 601. The van der Waals surface area contributed by atoms with Crippen molar-refractivity contribution in [1.82, 2.24) is 4.90 Å². The molecule has 18 heavy (non-hydrogen) atoms. The number of benzene rings is 1. The van der Waals surface area contributed by atoms with Crippen LogP contribution in [-0.2, 0) is 11.3 Å². The summed E-state index contributed by atoms with van der Waals surface area (Å²) in [6.45, 7) is 1.79. The number of hydrogen-bond acceptors (Lipinski definition) is 3. The van der Waals surface area contributed by atoms with Crippen LogP contribution in [0.4, 0.5) is 0 Å². The summed E-state index contributed by atoms with van der Waals surface area (Å²) in [6, 6.07) is 7.68. The van der Waals surface area contributed by atoms with Crippen LogP contribution in [0.1, 0.15) is 5.56 Å². The first-order valence-corrected chi connectivity index (χ1v) is 6.14. The summed E-state index contributed by atoms with van der Waals surface area (Å²) in [5, 5.41) is 10.2. The van der Waals surface area contributed by atoms with Crippen molar-refractivity contribution in [3.8, 4) is 0 Å². The minimum atomic E-state index is -0.727. The summed E-state index contributed by atoms with van der Waals surface area (Å²) in [6.07, 6.45) is 0. The smallest absolute Gasteiger partial charge is 0.309 e. The molecule has 1 fully saturated rings. The van der Waals surface area contributed by atoms with E-state index >= 15 is 0 Å². The zero-order chi connectivity index (χ0) is 12.7. The van der Waals surface area contributed by atoms with Gasteiger partial charge in [-0.15, -0.1) is 0 Å². The molecule has 1 aliphatic heterocycles. The number of furan rings is 1. The second kappa shape index (κ2) is 4.30. The van der Waals surface area contributed by atoms with E-state index in [0.717, 1.165) is 16.5 Å². The molecule has 0 amide bonds. The number of carboxylic acids is 1. The van der Waals surface area contributed by atoms with Crippen molar-refractivity contribution in [1.29, 1.82) is 0 Å². The summed E-state index contributed by atoms with van der Waals surface area (Å²) >= 11 is 6.08. The van der Waals surface area contributed by atoms with E-state index in [2.05, 4.69) is 4.90 Å². The molecule has 1 saturated heterocycles. The van der Waals surface area contributed by atoms with Crippen molar-refractivity contribution in [2.45, 2.75) is 6.54 Å². The molecule has 0 atom stereocenters. The topological polar surface area (TPSA) is 53.7 Å². The maximum atomic E-state index is 10.7. The molecule has 5 heteroatoms. The zero-order valence-corrected chi connectivity index (χ0v) is 10.4. The predicted molar refractivity (Wildman–Crippen MR) is 67.6 cm³/mol. The van der Waals surface area contributed by atoms with Gasteiger partial charge in [-0.25, -0.2) is 0 Å². The van der Waals surface area contributed by atoms with E-state index in [1.165, 1.54) is 0 Å². The van der Waals surface area contributed by atoms with Gasteiger partial charge in [0, 0.05) is 30.6 Å². The summed E-state index contributed by atoms with van der Waals surface area (Å²) in [7, 11) is 0. The average molecular weight is 266 g/mol. The van der Waals surface area contributed by atoms with Crippen LogP contribution in [0.3, 0.4) is 0 Å². The van der Waals surface area contributed by atoms with Crippen LogP contribution in [-0.4, -0.2) is 29.1 Å². The molecule has 0 bridgehead atoms. The molecule has 0 spiro atoms. The molecule has 0 saturated carbocycles. The third-order valence-corrected chi connectivity index (χ3v) is 3.64. The van der Waals surface area contributed by atoms with Crippen molar-refractivity contribution in [3.63, 3.8) is 0 Å². The van der Waals surface area contributed by atoms with E-state index in [0.29, 0.717) is 24.9 Å². The largest absolute Gasteiger partial charge is 0.481 e. The molecular formula is C13H12ClNO3. The molecule has 0 unspecified atom stereocenters. The van der Waals surface area contributed by atoms with Crippen LogP contribution >= 0.6 is 11.6 Å². The van der Waals surface area contributed by atoms with Crippen LogP contribution in [0.2, 0.25) is 5.22 Å². The molecule has 1 aliphatic rings. The summed E-state index contributed by atoms with van der Waals surface area (Å²) in [5.41, 5.74) is 1.71. The molecule has 2 aromatic rings. The van der Waals surface area contributed by atoms with E-state index in [4.69, 9.17) is 21.1 Å². The first-order valence-electron chi connectivity index (χ1n) is 5.76. The van der Waals surface area contributed by atoms with Gasteiger partial charge in [0.1, 0.15) is 5.58 Å². The molecule has 0 radical (unpaired) electrons. The summed E-state index contributed by atoms with van der Waals surface area (Å²) in [4.78, 5) is 12.8. The van der Waals surface area contributed by atoms with Crippen LogP contribution < -0.4 is 0 Å². The lowest BCUT2D eigenvalue weighted by Crippen LogP contribution is -2.49. The molecule has 3 rings (SSSR count). The fourth-order valence-corrected chi connectivity index (χ4v) is 2.54. The highest BCUT2D eigenvalue weighted by molar-refractivity contribution is 6.30. The molecule has 4 nitrogen and oxygen atoms in total. The Morgan fingerprint density at radius 3 is 2.89 bits per heavy atom. The number of para-hydroxylation sites is 1. The Balaban J connectivity index is 1.80. The highest BCUT2D eigenvalue weighted by Crippen LogP contribution is 2.32. The number of carboxylic acid groups (broad SMARTS) is 1. The normalized spacial score (nSPS) is 16.9. The van der Waals surface area contributed by atoms with E-state index in [9.17, 15) is 4.79 Å². The van der Waals surface area contributed by atoms with Crippen molar-refractivity contribution < 1.29 is 14.3 Å². The number of likely N-dealkylation sites (tertiary alicyclic amines) is 1. The van der Waals surface area contributed by atoms with Gasteiger partial charge in [0.15, 0.2) is 5.22 Å². The second-order valence-electron chi connectivity index (χ2n) is 4.58. The van der Waals surface area contributed by atoms with Crippen LogP contribution in [0, 0.1) is 5.92 Å². The Labute approximate surface area is 109 Å². The second-order valence-corrected chi connectivity index (χ2v) is 4.92.